The highest BCUT2D eigenvalue weighted by atomic mass is 19.1. The molecule has 0 spiro atoms. The number of halogens is 1. The molecule has 1 aromatic carbocycles. The third-order valence-electron chi connectivity index (χ3n) is 4.32. The zero-order valence-corrected chi connectivity index (χ0v) is 14.9. The van der Waals surface area contributed by atoms with Gasteiger partial charge in [-0.25, -0.2) is 9.40 Å². The molecular weight excluding hydrogens is 355 g/mol. The first-order chi connectivity index (χ1) is 12.9. The lowest BCUT2D eigenvalue weighted by Gasteiger charge is -2.27. The molecule has 1 fully saturated rings. The van der Waals surface area contributed by atoms with Gasteiger partial charge in [0.05, 0.1) is 0 Å². The Morgan fingerprint density at radius 1 is 1.22 bits per heavy atom. The molecule has 0 aliphatic carbocycles. The maximum Gasteiger partial charge on any atom is 0.272 e. The minimum atomic E-state index is -1.38. The second kappa shape index (κ2) is 9.65. The minimum absolute atomic E-state index is 0.172. The quantitative estimate of drug-likeness (QED) is 0.647. The standard InChI is InChI=1S/C18H23FN4O4/c19-11-17(26)23(12-15(20)24)21-18(27)14-7-4-10-22(14)16(25)9-8-13-5-2-1-3-6-13/h1-3,5-6,14H,4,7-12H2,(H2,20,24)(H,21,27)/t14-/m0/s1. The Bertz CT molecular complexity index is 698. The van der Waals surface area contributed by atoms with Crippen LogP contribution < -0.4 is 11.2 Å². The Morgan fingerprint density at radius 2 is 1.93 bits per heavy atom. The summed E-state index contributed by atoms with van der Waals surface area (Å²) in [5.41, 5.74) is 8.24. The van der Waals surface area contributed by atoms with Gasteiger partial charge in [0.15, 0.2) is 6.67 Å². The van der Waals surface area contributed by atoms with Crippen molar-refractivity contribution in [2.75, 3.05) is 19.8 Å². The lowest BCUT2D eigenvalue weighted by atomic mass is 10.1. The normalized spacial score (nSPS) is 16.0. The van der Waals surface area contributed by atoms with Gasteiger partial charge in [-0.15, -0.1) is 0 Å². The van der Waals surface area contributed by atoms with E-state index in [1.165, 1.54) is 4.90 Å². The maximum absolute atomic E-state index is 12.6. The number of benzene rings is 1. The fourth-order valence-electron chi connectivity index (χ4n) is 3.00. The number of rotatable bonds is 7. The van der Waals surface area contributed by atoms with E-state index in [0.29, 0.717) is 30.8 Å². The van der Waals surface area contributed by atoms with Crippen LogP contribution in [0, 0.1) is 0 Å². The van der Waals surface area contributed by atoms with Crippen LogP contribution in [0.3, 0.4) is 0 Å². The van der Waals surface area contributed by atoms with Gasteiger partial charge in [0.25, 0.3) is 11.8 Å². The molecule has 3 N–H and O–H groups in total. The van der Waals surface area contributed by atoms with Crippen molar-refractivity contribution >= 4 is 23.6 Å². The number of likely N-dealkylation sites (tertiary alicyclic amines) is 1. The number of nitrogens with zero attached hydrogens (tertiary/aromatic N) is 2. The Hall–Kier alpha value is -2.97. The van der Waals surface area contributed by atoms with Gasteiger partial charge < -0.3 is 10.6 Å². The molecule has 1 aliphatic rings. The summed E-state index contributed by atoms with van der Waals surface area (Å²) in [7, 11) is 0. The van der Waals surface area contributed by atoms with E-state index < -0.39 is 37.0 Å². The summed E-state index contributed by atoms with van der Waals surface area (Å²) in [6.45, 7) is -1.58. The van der Waals surface area contributed by atoms with Crippen LogP contribution in [0.2, 0.25) is 0 Å². The monoisotopic (exact) mass is 378 g/mol. The van der Waals surface area contributed by atoms with Gasteiger partial charge in [-0.3, -0.25) is 24.6 Å². The van der Waals surface area contributed by atoms with E-state index in [4.69, 9.17) is 5.73 Å². The molecule has 0 saturated carbocycles. The molecule has 4 amide bonds. The summed E-state index contributed by atoms with van der Waals surface area (Å²) in [4.78, 5) is 49.0. The number of hydrazine groups is 1. The summed E-state index contributed by atoms with van der Waals surface area (Å²) in [6.07, 6.45) is 1.88. The number of carbonyl (C=O) groups excluding carboxylic acids is 4. The number of nitrogens with one attached hydrogen (secondary N) is 1. The number of nitrogens with two attached hydrogens (primary N) is 1. The molecule has 2 rings (SSSR count). The molecule has 1 saturated heterocycles. The summed E-state index contributed by atoms with van der Waals surface area (Å²) in [5.74, 6) is -2.78. The fraction of sp³-hybridized carbons (Fsp3) is 0.444. The molecule has 146 valence electrons. The molecule has 1 atom stereocenters. The van der Waals surface area contributed by atoms with Gasteiger partial charge in [0.2, 0.25) is 11.8 Å². The van der Waals surface area contributed by atoms with E-state index in [9.17, 15) is 23.6 Å². The van der Waals surface area contributed by atoms with E-state index in [0.717, 1.165) is 5.56 Å². The number of amides is 4. The summed E-state index contributed by atoms with van der Waals surface area (Å²) in [6, 6.07) is 8.75. The minimum Gasteiger partial charge on any atom is -0.368 e. The lowest BCUT2D eigenvalue weighted by molar-refractivity contribution is -0.148. The van der Waals surface area contributed by atoms with E-state index in [1.54, 1.807) is 0 Å². The van der Waals surface area contributed by atoms with Gasteiger partial charge in [0, 0.05) is 13.0 Å². The average molecular weight is 378 g/mol. The lowest BCUT2D eigenvalue weighted by Crippen LogP contribution is -2.55. The van der Waals surface area contributed by atoms with E-state index in [2.05, 4.69) is 5.43 Å². The number of carbonyl (C=O) groups is 4. The van der Waals surface area contributed by atoms with Crippen molar-refractivity contribution in [3.8, 4) is 0 Å². The molecule has 0 unspecified atom stereocenters. The van der Waals surface area contributed by atoms with Crippen molar-refractivity contribution in [3.05, 3.63) is 35.9 Å². The topological polar surface area (TPSA) is 113 Å². The van der Waals surface area contributed by atoms with Gasteiger partial charge in [-0.05, 0) is 24.8 Å². The molecule has 0 radical (unpaired) electrons. The zero-order chi connectivity index (χ0) is 19.8. The van der Waals surface area contributed by atoms with E-state index in [-0.39, 0.29) is 12.3 Å². The maximum atomic E-state index is 12.6. The van der Waals surface area contributed by atoms with Crippen molar-refractivity contribution in [3.63, 3.8) is 0 Å². The van der Waals surface area contributed by atoms with Crippen molar-refractivity contribution in [2.24, 2.45) is 5.73 Å². The number of primary amides is 1. The first kappa shape index (κ1) is 20.3. The summed E-state index contributed by atoms with van der Waals surface area (Å²) < 4.78 is 12.6. The van der Waals surface area contributed by atoms with Gasteiger partial charge in [0.1, 0.15) is 12.6 Å². The second-order valence-corrected chi connectivity index (χ2v) is 6.29. The van der Waals surface area contributed by atoms with Crippen LogP contribution in [0.4, 0.5) is 4.39 Å². The molecule has 8 nitrogen and oxygen atoms in total. The SMILES string of the molecule is NC(=O)CN(NC(=O)[C@@H]1CCCN1C(=O)CCc1ccccc1)C(=O)CF. The third-order valence-corrected chi connectivity index (χ3v) is 4.32. The molecule has 1 aromatic rings. The molecule has 0 bridgehead atoms. The number of hydrogen-bond donors (Lipinski definition) is 2. The molecule has 1 heterocycles. The Morgan fingerprint density at radius 3 is 2.56 bits per heavy atom. The van der Waals surface area contributed by atoms with E-state index >= 15 is 0 Å². The van der Waals surface area contributed by atoms with Crippen LogP contribution >= 0.6 is 0 Å². The highest BCUT2D eigenvalue weighted by Gasteiger charge is 2.35. The van der Waals surface area contributed by atoms with Gasteiger partial charge in [-0.1, -0.05) is 30.3 Å². The van der Waals surface area contributed by atoms with Gasteiger partial charge >= 0.3 is 0 Å². The highest BCUT2D eigenvalue weighted by molar-refractivity contribution is 5.91. The van der Waals surface area contributed by atoms with Gasteiger partial charge in [-0.2, -0.15) is 0 Å². The second-order valence-electron chi connectivity index (χ2n) is 6.29. The molecular formula is C18H23FN4O4. The zero-order valence-electron chi connectivity index (χ0n) is 14.9. The molecule has 9 heteroatoms. The number of aryl methyl sites for hydroxylation is 1. The Balaban J connectivity index is 1.96. The molecule has 27 heavy (non-hydrogen) atoms. The smallest absolute Gasteiger partial charge is 0.272 e. The highest BCUT2D eigenvalue weighted by Crippen LogP contribution is 2.19. The number of hydrogen-bond acceptors (Lipinski definition) is 4. The largest absolute Gasteiger partial charge is 0.368 e. The van der Waals surface area contributed by atoms with Crippen molar-refractivity contribution < 1.29 is 23.6 Å². The molecule has 1 aliphatic heterocycles. The van der Waals surface area contributed by atoms with Crippen LogP contribution in [-0.4, -0.2) is 59.3 Å². The predicted molar refractivity (Wildman–Crippen MR) is 94.5 cm³/mol. The number of alkyl halides is 1. The van der Waals surface area contributed by atoms with Crippen molar-refractivity contribution in [1.82, 2.24) is 15.3 Å². The first-order valence-electron chi connectivity index (χ1n) is 8.71. The van der Waals surface area contributed by atoms with Crippen LogP contribution in [0.1, 0.15) is 24.8 Å². The van der Waals surface area contributed by atoms with Crippen molar-refractivity contribution in [1.29, 1.82) is 0 Å². The van der Waals surface area contributed by atoms with Crippen LogP contribution in [0.25, 0.3) is 0 Å². The molecule has 0 aromatic heterocycles. The van der Waals surface area contributed by atoms with E-state index in [1.807, 2.05) is 30.3 Å². The Kier molecular flexibility index (Phi) is 7.27. The predicted octanol–water partition coefficient (Wildman–Crippen LogP) is -0.0752. The Labute approximate surface area is 156 Å². The first-order valence-corrected chi connectivity index (χ1v) is 8.71. The van der Waals surface area contributed by atoms with Crippen LogP contribution in [-0.2, 0) is 25.6 Å². The average Bonchev–Trinajstić information content (AvgIpc) is 3.15. The van der Waals surface area contributed by atoms with Crippen LogP contribution in [0.15, 0.2) is 30.3 Å². The summed E-state index contributed by atoms with van der Waals surface area (Å²) in [5, 5.41) is 0.551. The summed E-state index contributed by atoms with van der Waals surface area (Å²) >= 11 is 0. The fourth-order valence-corrected chi connectivity index (χ4v) is 3.00. The third kappa shape index (κ3) is 5.77. The van der Waals surface area contributed by atoms with Crippen molar-refractivity contribution in [2.45, 2.75) is 31.7 Å². The van der Waals surface area contributed by atoms with Crippen LogP contribution in [0.5, 0.6) is 0 Å².